The SMILES string of the molecule is O=CC1(c2ccc(-c3cnc(C(F)(F)F)cc3C3(O)CCC3)cc2)COC1. The number of pyridine rings is 1. The Bertz CT molecular complexity index is 869. The van der Waals surface area contributed by atoms with Crippen LogP contribution < -0.4 is 0 Å². The highest BCUT2D eigenvalue weighted by Crippen LogP contribution is 2.46. The summed E-state index contributed by atoms with van der Waals surface area (Å²) in [4.78, 5) is 15.0. The Morgan fingerprint density at radius 2 is 1.81 bits per heavy atom. The summed E-state index contributed by atoms with van der Waals surface area (Å²) in [6, 6.07) is 8.00. The van der Waals surface area contributed by atoms with E-state index in [1.807, 2.05) is 0 Å². The Kier molecular flexibility index (Phi) is 4.12. The van der Waals surface area contributed by atoms with E-state index in [4.69, 9.17) is 4.74 Å². The molecule has 1 aliphatic heterocycles. The van der Waals surface area contributed by atoms with Gasteiger partial charge in [0.15, 0.2) is 0 Å². The zero-order valence-corrected chi connectivity index (χ0v) is 14.4. The lowest BCUT2D eigenvalue weighted by molar-refractivity contribution is -0.141. The predicted octanol–water partition coefficient (Wildman–Crippen LogP) is 3.61. The number of aldehydes is 1. The molecule has 27 heavy (non-hydrogen) atoms. The number of benzene rings is 1. The number of nitrogens with zero attached hydrogens (tertiary/aromatic N) is 1. The van der Waals surface area contributed by atoms with Gasteiger partial charge in [-0.15, -0.1) is 0 Å². The molecular weight excluding hydrogens is 359 g/mol. The summed E-state index contributed by atoms with van der Waals surface area (Å²) in [5.41, 5.74) is -0.741. The molecule has 4 nitrogen and oxygen atoms in total. The number of aromatic nitrogens is 1. The zero-order valence-electron chi connectivity index (χ0n) is 14.4. The van der Waals surface area contributed by atoms with Gasteiger partial charge in [0.1, 0.15) is 12.0 Å². The monoisotopic (exact) mass is 377 g/mol. The number of ether oxygens (including phenoxy) is 1. The largest absolute Gasteiger partial charge is 0.433 e. The van der Waals surface area contributed by atoms with E-state index in [2.05, 4.69) is 4.98 Å². The number of hydrogen-bond donors (Lipinski definition) is 1. The standard InChI is InChI=1S/C20H18F3NO3/c21-20(22,23)17-8-16(19(26)6-1-7-19)15(9-24-17)13-2-4-14(5-3-13)18(10-25)11-27-12-18/h2-5,8-10,26H,1,6-7,11-12H2. The molecule has 1 aliphatic carbocycles. The zero-order chi connectivity index (χ0) is 19.3. The van der Waals surface area contributed by atoms with Gasteiger partial charge in [0.05, 0.1) is 24.2 Å². The van der Waals surface area contributed by atoms with Crippen molar-refractivity contribution in [3.8, 4) is 11.1 Å². The molecule has 2 aliphatic rings. The van der Waals surface area contributed by atoms with E-state index in [0.29, 0.717) is 37.2 Å². The molecule has 1 aromatic carbocycles. The molecule has 2 heterocycles. The Balaban J connectivity index is 1.76. The van der Waals surface area contributed by atoms with Gasteiger partial charge in [-0.05, 0) is 42.0 Å². The molecule has 0 atom stereocenters. The van der Waals surface area contributed by atoms with Crippen LogP contribution in [0.25, 0.3) is 11.1 Å². The van der Waals surface area contributed by atoms with Crippen LogP contribution >= 0.6 is 0 Å². The van der Waals surface area contributed by atoms with E-state index in [0.717, 1.165) is 24.3 Å². The molecule has 0 amide bonds. The fourth-order valence-corrected chi connectivity index (χ4v) is 3.61. The van der Waals surface area contributed by atoms with Crippen molar-refractivity contribution in [3.05, 3.63) is 53.3 Å². The van der Waals surface area contributed by atoms with Crippen molar-refractivity contribution in [1.29, 1.82) is 0 Å². The van der Waals surface area contributed by atoms with Crippen LogP contribution in [-0.4, -0.2) is 29.6 Å². The Labute approximate surface area is 154 Å². The van der Waals surface area contributed by atoms with E-state index >= 15 is 0 Å². The Morgan fingerprint density at radius 3 is 2.26 bits per heavy atom. The van der Waals surface area contributed by atoms with Crippen LogP contribution in [0.5, 0.6) is 0 Å². The van der Waals surface area contributed by atoms with Crippen molar-refractivity contribution in [3.63, 3.8) is 0 Å². The van der Waals surface area contributed by atoms with Crippen molar-refractivity contribution in [1.82, 2.24) is 4.98 Å². The van der Waals surface area contributed by atoms with Gasteiger partial charge >= 0.3 is 6.18 Å². The number of rotatable bonds is 4. The first-order valence-electron chi connectivity index (χ1n) is 8.73. The maximum atomic E-state index is 13.1. The summed E-state index contributed by atoms with van der Waals surface area (Å²) >= 11 is 0. The second-order valence-electron chi connectivity index (χ2n) is 7.34. The molecule has 142 valence electrons. The van der Waals surface area contributed by atoms with Crippen LogP contribution in [0.4, 0.5) is 13.2 Å². The van der Waals surface area contributed by atoms with Crippen molar-refractivity contribution < 1.29 is 27.8 Å². The summed E-state index contributed by atoms with van der Waals surface area (Å²) in [7, 11) is 0. The maximum absolute atomic E-state index is 13.1. The third kappa shape index (κ3) is 2.95. The Morgan fingerprint density at radius 1 is 1.15 bits per heavy atom. The van der Waals surface area contributed by atoms with E-state index in [1.165, 1.54) is 6.20 Å². The van der Waals surface area contributed by atoms with Crippen molar-refractivity contribution in [2.24, 2.45) is 0 Å². The third-order valence-corrected chi connectivity index (χ3v) is 5.59. The van der Waals surface area contributed by atoms with Crippen molar-refractivity contribution >= 4 is 6.29 Å². The van der Waals surface area contributed by atoms with E-state index < -0.39 is 22.9 Å². The van der Waals surface area contributed by atoms with Gasteiger partial charge < -0.3 is 14.6 Å². The number of aliphatic hydroxyl groups is 1. The highest BCUT2D eigenvalue weighted by atomic mass is 19.4. The highest BCUT2D eigenvalue weighted by molar-refractivity contribution is 5.73. The third-order valence-electron chi connectivity index (χ3n) is 5.59. The molecule has 2 aromatic rings. The van der Waals surface area contributed by atoms with Gasteiger partial charge in [-0.2, -0.15) is 13.2 Å². The van der Waals surface area contributed by atoms with E-state index in [1.54, 1.807) is 24.3 Å². The lowest BCUT2D eigenvalue weighted by atomic mass is 9.72. The van der Waals surface area contributed by atoms with Crippen molar-refractivity contribution in [2.75, 3.05) is 13.2 Å². The number of alkyl halides is 3. The molecule has 0 spiro atoms. The Hall–Kier alpha value is -2.25. The molecule has 1 N–H and O–H groups in total. The molecule has 0 unspecified atom stereocenters. The minimum atomic E-state index is -4.57. The number of halogens is 3. The quantitative estimate of drug-likeness (QED) is 0.827. The van der Waals surface area contributed by atoms with Gasteiger partial charge in [-0.1, -0.05) is 24.3 Å². The fourth-order valence-electron chi connectivity index (χ4n) is 3.61. The molecule has 7 heteroatoms. The lowest BCUT2D eigenvalue weighted by Crippen LogP contribution is -2.48. The average molecular weight is 377 g/mol. The first kappa shape index (κ1) is 18.1. The minimum absolute atomic E-state index is 0.251. The summed E-state index contributed by atoms with van der Waals surface area (Å²) < 4.78 is 44.4. The van der Waals surface area contributed by atoms with Gasteiger partial charge in [-0.3, -0.25) is 4.98 Å². The van der Waals surface area contributed by atoms with E-state index in [9.17, 15) is 23.1 Å². The number of hydrogen-bond acceptors (Lipinski definition) is 4. The summed E-state index contributed by atoms with van der Waals surface area (Å²) in [6.07, 6.45) is -0.923. The summed E-state index contributed by atoms with van der Waals surface area (Å²) in [5.74, 6) is 0. The molecule has 2 fully saturated rings. The fraction of sp³-hybridized carbons (Fsp3) is 0.400. The summed E-state index contributed by atoms with van der Waals surface area (Å²) in [6.45, 7) is 0.644. The first-order chi connectivity index (χ1) is 12.8. The highest BCUT2D eigenvalue weighted by Gasteiger charge is 2.42. The van der Waals surface area contributed by atoms with Crippen LogP contribution in [0.15, 0.2) is 36.5 Å². The van der Waals surface area contributed by atoms with Crippen LogP contribution in [0.1, 0.15) is 36.1 Å². The second kappa shape index (κ2) is 6.14. The maximum Gasteiger partial charge on any atom is 0.433 e. The van der Waals surface area contributed by atoms with Crippen molar-refractivity contribution in [2.45, 2.75) is 36.5 Å². The average Bonchev–Trinajstić information content (AvgIpc) is 2.59. The van der Waals surface area contributed by atoms with Gasteiger partial charge in [0, 0.05) is 11.8 Å². The molecule has 1 saturated carbocycles. The number of carbonyl (C=O) groups is 1. The molecule has 0 bridgehead atoms. The van der Waals surface area contributed by atoms with Gasteiger partial charge in [-0.25, -0.2) is 0 Å². The van der Waals surface area contributed by atoms with Crippen LogP contribution in [0, 0.1) is 0 Å². The lowest BCUT2D eigenvalue weighted by Gasteiger charge is -2.39. The van der Waals surface area contributed by atoms with E-state index in [-0.39, 0.29) is 5.56 Å². The predicted molar refractivity (Wildman–Crippen MR) is 91.0 cm³/mol. The van der Waals surface area contributed by atoms with Gasteiger partial charge in [0.2, 0.25) is 0 Å². The van der Waals surface area contributed by atoms with Crippen LogP contribution in [0.3, 0.4) is 0 Å². The molecule has 0 radical (unpaired) electrons. The normalized spacial score (nSPS) is 20.4. The minimum Gasteiger partial charge on any atom is -0.385 e. The van der Waals surface area contributed by atoms with Crippen LogP contribution in [0.2, 0.25) is 0 Å². The second-order valence-corrected chi connectivity index (χ2v) is 7.34. The number of carbonyl (C=O) groups excluding carboxylic acids is 1. The topological polar surface area (TPSA) is 59.4 Å². The molecule has 1 saturated heterocycles. The van der Waals surface area contributed by atoms with Gasteiger partial charge in [0.25, 0.3) is 0 Å². The molecular formula is C20H18F3NO3. The molecule has 1 aromatic heterocycles. The molecule has 4 rings (SSSR count). The smallest absolute Gasteiger partial charge is 0.385 e. The summed E-state index contributed by atoms with van der Waals surface area (Å²) in [5, 5.41) is 10.7. The van der Waals surface area contributed by atoms with Crippen LogP contribution in [-0.2, 0) is 26.7 Å². The first-order valence-corrected chi connectivity index (χ1v) is 8.73.